The maximum atomic E-state index is 5.89. The number of hydrogen-bond acceptors (Lipinski definition) is 4. The summed E-state index contributed by atoms with van der Waals surface area (Å²) in [5, 5.41) is 3.67. The topological polar surface area (TPSA) is 63.8 Å². The molecule has 0 fully saturated rings. The molecule has 2 rings (SSSR count). The molecule has 16 heavy (non-hydrogen) atoms. The molecule has 0 radical (unpaired) electrons. The highest BCUT2D eigenvalue weighted by Gasteiger charge is 2.02. The van der Waals surface area contributed by atoms with Crippen LogP contribution in [0.4, 0.5) is 17.3 Å². The Morgan fingerprint density at radius 1 is 1.25 bits per heavy atom. The molecule has 6 heteroatoms. The lowest BCUT2D eigenvalue weighted by molar-refractivity contribution is 1.17. The number of rotatable bonds is 2. The zero-order valence-corrected chi connectivity index (χ0v) is 10.5. The first-order valence-electron chi connectivity index (χ1n) is 4.45. The van der Waals surface area contributed by atoms with Crippen LogP contribution in [-0.4, -0.2) is 9.97 Å². The number of aromatic nitrogens is 2. The van der Waals surface area contributed by atoms with Gasteiger partial charge in [0.05, 0.1) is 23.8 Å². The zero-order chi connectivity index (χ0) is 11.5. The van der Waals surface area contributed by atoms with Crippen molar-refractivity contribution < 1.29 is 0 Å². The Balaban J connectivity index is 2.26. The van der Waals surface area contributed by atoms with Gasteiger partial charge >= 0.3 is 0 Å². The Hall–Kier alpha value is -1.33. The van der Waals surface area contributed by atoms with Crippen LogP contribution in [0.2, 0.25) is 5.02 Å². The lowest BCUT2D eigenvalue weighted by Crippen LogP contribution is -1.98. The zero-order valence-electron chi connectivity index (χ0n) is 8.11. The molecule has 82 valence electrons. The normalized spacial score (nSPS) is 10.1. The standard InChI is InChI=1S/C10H8BrClN4/c11-8-2-1-6(12)3-9(8)16-10-14-4-7(13)5-15-10/h1-5H,13H2,(H,14,15,16). The van der Waals surface area contributed by atoms with E-state index < -0.39 is 0 Å². The molecule has 1 heterocycles. The summed E-state index contributed by atoms with van der Waals surface area (Å²) in [6.07, 6.45) is 3.07. The summed E-state index contributed by atoms with van der Waals surface area (Å²) >= 11 is 9.29. The summed E-state index contributed by atoms with van der Waals surface area (Å²) in [7, 11) is 0. The Labute approximate surface area is 106 Å². The third-order valence-corrected chi connectivity index (χ3v) is 2.77. The van der Waals surface area contributed by atoms with Crippen molar-refractivity contribution >= 4 is 44.9 Å². The van der Waals surface area contributed by atoms with Crippen molar-refractivity contribution in [3.05, 3.63) is 40.1 Å². The Kier molecular flexibility index (Phi) is 3.26. The van der Waals surface area contributed by atoms with E-state index >= 15 is 0 Å². The van der Waals surface area contributed by atoms with Crippen molar-refractivity contribution in [2.75, 3.05) is 11.1 Å². The summed E-state index contributed by atoms with van der Waals surface area (Å²) in [5.74, 6) is 0.470. The number of anilines is 3. The van der Waals surface area contributed by atoms with Gasteiger partial charge in [-0.25, -0.2) is 9.97 Å². The van der Waals surface area contributed by atoms with E-state index in [-0.39, 0.29) is 0 Å². The number of nitrogens with zero attached hydrogens (tertiary/aromatic N) is 2. The molecule has 0 amide bonds. The fraction of sp³-hybridized carbons (Fsp3) is 0. The van der Waals surface area contributed by atoms with E-state index in [0.717, 1.165) is 10.2 Å². The summed E-state index contributed by atoms with van der Waals surface area (Å²) in [4.78, 5) is 8.07. The lowest BCUT2D eigenvalue weighted by Gasteiger charge is -2.07. The van der Waals surface area contributed by atoms with E-state index in [1.54, 1.807) is 12.1 Å². The first-order valence-corrected chi connectivity index (χ1v) is 5.62. The van der Waals surface area contributed by atoms with E-state index in [4.69, 9.17) is 17.3 Å². The number of nitrogens with two attached hydrogens (primary N) is 1. The summed E-state index contributed by atoms with van der Waals surface area (Å²) in [6.45, 7) is 0. The quantitative estimate of drug-likeness (QED) is 0.893. The molecule has 1 aromatic carbocycles. The second kappa shape index (κ2) is 4.67. The second-order valence-electron chi connectivity index (χ2n) is 3.09. The van der Waals surface area contributed by atoms with Crippen LogP contribution in [0.3, 0.4) is 0 Å². The van der Waals surface area contributed by atoms with Gasteiger partial charge in [-0.3, -0.25) is 0 Å². The molecule has 0 aliphatic heterocycles. The minimum absolute atomic E-state index is 0.470. The van der Waals surface area contributed by atoms with Gasteiger partial charge in [-0.05, 0) is 34.1 Å². The molecule has 0 unspecified atom stereocenters. The first kappa shape index (κ1) is 11.2. The van der Waals surface area contributed by atoms with Gasteiger partial charge in [0.25, 0.3) is 0 Å². The van der Waals surface area contributed by atoms with Gasteiger partial charge in [0.1, 0.15) is 0 Å². The van der Waals surface area contributed by atoms with Gasteiger partial charge in [-0.1, -0.05) is 11.6 Å². The van der Waals surface area contributed by atoms with Crippen LogP contribution in [0.15, 0.2) is 35.1 Å². The lowest BCUT2D eigenvalue weighted by atomic mass is 10.3. The van der Waals surface area contributed by atoms with Gasteiger partial charge in [-0.2, -0.15) is 0 Å². The Morgan fingerprint density at radius 3 is 2.62 bits per heavy atom. The van der Waals surface area contributed by atoms with E-state index in [0.29, 0.717) is 16.7 Å². The highest BCUT2D eigenvalue weighted by atomic mass is 79.9. The maximum Gasteiger partial charge on any atom is 0.227 e. The number of halogens is 2. The Bertz CT molecular complexity index is 501. The summed E-state index contributed by atoms with van der Waals surface area (Å²) in [5.41, 5.74) is 6.82. The van der Waals surface area contributed by atoms with Crippen LogP contribution >= 0.6 is 27.5 Å². The average Bonchev–Trinajstić information content (AvgIpc) is 2.27. The van der Waals surface area contributed by atoms with Crippen LogP contribution < -0.4 is 11.1 Å². The van der Waals surface area contributed by atoms with Crippen molar-refractivity contribution in [2.24, 2.45) is 0 Å². The van der Waals surface area contributed by atoms with Gasteiger partial charge < -0.3 is 11.1 Å². The first-order chi connectivity index (χ1) is 7.65. The summed E-state index contributed by atoms with van der Waals surface area (Å²) in [6, 6.07) is 5.42. The number of nitrogen functional groups attached to an aromatic ring is 1. The van der Waals surface area contributed by atoms with Crippen molar-refractivity contribution in [1.82, 2.24) is 9.97 Å². The number of nitrogens with one attached hydrogen (secondary N) is 1. The molecule has 2 aromatic rings. The van der Waals surface area contributed by atoms with Crippen molar-refractivity contribution in [3.8, 4) is 0 Å². The molecule has 0 saturated heterocycles. The molecule has 0 atom stereocenters. The third kappa shape index (κ3) is 2.62. The van der Waals surface area contributed by atoms with Crippen LogP contribution in [0.5, 0.6) is 0 Å². The fourth-order valence-corrected chi connectivity index (χ4v) is 1.63. The van der Waals surface area contributed by atoms with Gasteiger partial charge in [0, 0.05) is 9.50 Å². The van der Waals surface area contributed by atoms with Gasteiger partial charge in [-0.15, -0.1) is 0 Å². The van der Waals surface area contributed by atoms with E-state index in [2.05, 4.69) is 31.2 Å². The Morgan fingerprint density at radius 2 is 1.94 bits per heavy atom. The predicted octanol–water partition coefficient (Wildman–Crippen LogP) is 3.22. The van der Waals surface area contributed by atoms with E-state index in [9.17, 15) is 0 Å². The SMILES string of the molecule is Nc1cnc(Nc2cc(Cl)ccc2Br)nc1. The van der Waals surface area contributed by atoms with Crippen molar-refractivity contribution in [2.45, 2.75) is 0 Å². The van der Waals surface area contributed by atoms with Crippen molar-refractivity contribution in [3.63, 3.8) is 0 Å². The molecule has 0 aliphatic rings. The fourth-order valence-electron chi connectivity index (χ4n) is 1.12. The average molecular weight is 300 g/mol. The molecule has 4 nitrogen and oxygen atoms in total. The monoisotopic (exact) mass is 298 g/mol. The molecule has 0 bridgehead atoms. The van der Waals surface area contributed by atoms with Crippen molar-refractivity contribution in [1.29, 1.82) is 0 Å². The molecule has 0 aliphatic carbocycles. The van der Waals surface area contributed by atoms with Crippen LogP contribution in [0, 0.1) is 0 Å². The van der Waals surface area contributed by atoms with Crippen LogP contribution in [0.1, 0.15) is 0 Å². The minimum atomic E-state index is 0.470. The molecule has 0 saturated carbocycles. The third-order valence-electron chi connectivity index (χ3n) is 1.85. The highest BCUT2D eigenvalue weighted by Crippen LogP contribution is 2.27. The number of benzene rings is 1. The van der Waals surface area contributed by atoms with Crippen LogP contribution in [-0.2, 0) is 0 Å². The molecule has 1 aromatic heterocycles. The molecule has 3 N–H and O–H groups in total. The molecular formula is C10H8BrClN4. The van der Waals surface area contributed by atoms with Gasteiger partial charge in [0.15, 0.2) is 0 Å². The number of hydrogen-bond donors (Lipinski definition) is 2. The van der Waals surface area contributed by atoms with Gasteiger partial charge in [0.2, 0.25) is 5.95 Å². The smallest absolute Gasteiger partial charge is 0.227 e. The minimum Gasteiger partial charge on any atom is -0.396 e. The van der Waals surface area contributed by atoms with Crippen LogP contribution in [0.25, 0.3) is 0 Å². The second-order valence-corrected chi connectivity index (χ2v) is 4.38. The largest absolute Gasteiger partial charge is 0.396 e. The van der Waals surface area contributed by atoms with E-state index in [1.165, 1.54) is 12.4 Å². The maximum absolute atomic E-state index is 5.89. The molecule has 0 spiro atoms. The summed E-state index contributed by atoms with van der Waals surface area (Å²) < 4.78 is 0.886. The molecular weight excluding hydrogens is 291 g/mol. The predicted molar refractivity (Wildman–Crippen MR) is 68.9 cm³/mol. The van der Waals surface area contributed by atoms with E-state index in [1.807, 2.05) is 6.07 Å². The highest BCUT2D eigenvalue weighted by molar-refractivity contribution is 9.10.